The van der Waals surface area contributed by atoms with Crippen molar-refractivity contribution in [2.45, 2.75) is 51.2 Å². The van der Waals surface area contributed by atoms with Gasteiger partial charge in [0.2, 0.25) is 0 Å². The van der Waals surface area contributed by atoms with Crippen LogP contribution in [0.3, 0.4) is 0 Å². The summed E-state index contributed by atoms with van der Waals surface area (Å²) in [5.74, 6) is -7.24. The number of rotatable bonds is 2. The molecular weight excluding hydrogens is 376 g/mol. The van der Waals surface area contributed by atoms with Gasteiger partial charge in [-0.3, -0.25) is 19.2 Å². The lowest BCUT2D eigenvalue weighted by molar-refractivity contribution is -0.180. The second-order valence-electron chi connectivity index (χ2n) is 8.59. The van der Waals surface area contributed by atoms with Crippen molar-refractivity contribution < 1.29 is 34.5 Å². The zero-order valence-corrected chi connectivity index (χ0v) is 16.3. The van der Waals surface area contributed by atoms with E-state index < -0.39 is 58.5 Å². The number of aliphatic hydroxyl groups is 2. The van der Waals surface area contributed by atoms with Gasteiger partial charge in [-0.15, -0.1) is 0 Å². The molecule has 2 saturated carbocycles. The summed E-state index contributed by atoms with van der Waals surface area (Å²) in [6.45, 7) is 2.97. The van der Waals surface area contributed by atoms with Gasteiger partial charge in [0, 0.05) is 5.92 Å². The number of hydrogen-bond acceptors (Lipinski definition) is 7. The van der Waals surface area contributed by atoms with Crippen molar-refractivity contribution in [2.75, 3.05) is 0 Å². The van der Waals surface area contributed by atoms with Gasteiger partial charge in [0.25, 0.3) is 0 Å². The molecule has 7 nitrogen and oxygen atoms in total. The minimum Gasteiger partial charge on any atom is -0.507 e. The van der Waals surface area contributed by atoms with Gasteiger partial charge in [0.15, 0.2) is 23.0 Å². The van der Waals surface area contributed by atoms with E-state index >= 15 is 0 Å². The quantitative estimate of drug-likeness (QED) is 0.626. The SMILES string of the molecule is CCc1ccc2c(c1O)C(=O)C1C(=O)C3(O)C(=O)C(C(C)=O)C(O)CC3CC1C2. The average Bonchev–Trinajstić information content (AvgIpc) is 2.64. The van der Waals surface area contributed by atoms with Crippen molar-refractivity contribution in [1.82, 2.24) is 0 Å². The van der Waals surface area contributed by atoms with Gasteiger partial charge in [0.1, 0.15) is 17.5 Å². The molecule has 1 aromatic carbocycles. The maximum Gasteiger partial charge on any atom is 0.185 e. The molecule has 154 valence electrons. The predicted octanol–water partition coefficient (Wildman–Crippen LogP) is 0.785. The van der Waals surface area contributed by atoms with E-state index in [0.717, 1.165) is 6.92 Å². The Morgan fingerprint density at radius 3 is 2.48 bits per heavy atom. The Hall–Kier alpha value is -2.38. The van der Waals surface area contributed by atoms with Gasteiger partial charge in [-0.2, -0.15) is 0 Å². The Morgan fingerprint density at radius 2 is 1.86 bits per heavy atom. The molecule has 2 fully saturated rings. The molecule has 1 aromatic rings. The van der Waals surface area contributed by atoms with E-state index in [1.165, 1.54) is 0 Å². The van der Waals surface area contributed by atoms with Crippen LogP contribution in [0.5, 0.6) is 5.75 Å². The minimum absolute atomic E-state index is 0.0531. The first-order valence-corrected chi connectivity index (χ1v) is 10.00. The number of phenols is 1. The molecule has 6 atom stereocenters. The second kappa shape index (κ2) is 6.57. The molecule has 0 heterocycles. The minimum atomic E-state index is -2.46. The molecule has 3 aliphatic carbocycles. The van der Waals surface area contributed by atoms with Gasteiger partial charge in [-0.1, -0.05) is 19.1 Å². The fraction of sp³-hybridized carbons (Fsp3) is 0.545. The van der Waals surface area contributed by atoms with E-state index in [0.29, 0.717) is 24.0 Å². The molecule has 6 unspecified atom stereocenters. The number of benzene rings is 1. The molecule has 3 aliphatic rings. The van der Waals surface area contributed by atoms with Crippen molar-refractivity contribution in [3.05, 3.63) is 28.8 Å². The molecule has 29 heavy (non-hydrogen) atoms. The highest BCUT2D eigenvalue weighted by Crippen LogP contribution is 2.50. The lowest BCUT2D eigenvalue weighted by Crippen LogP contribution is -2.68. The maximum absolute atomic E-state index is 13.3. The third-order valence-corrected chi connectivity index (χ3v) is 7.05. The summed E-state index contributed by atoms with van der Waals surface area (Å²) >= 11 is 0. The monoisotopic (exact) mass is 400 g/mol. The zero-order valence-electron chi connectivity index (χ0n) is 16.3. The maximum atomic E-state index is 13.3. The van der Waals surface area contributed by atoms with E-state index in [9.17, 15) is 34.5 Å². The molecular formula is C22H24O7. The number of hydrogen-bond donors (Lipinski definition) is 3. The Labute approximate surface area is 167 Å². The van der Waals surface area contributed by atoms with Crippen LogP contribution >= 0.6 is 0 Å². The summed E-state index contributed by atoms with van der Waals surface area (Å²) in [7, 11) is 0. The third-order valence-electron chi connectivity index (χ3n) is 7.05. The van der Waals surface area contributed by atoms with Crippen molar-refractivity contribution in [2.24, 2.45) is 23.7 Å². The van der Waals surface area contributed by atoms with Gasteiger partial charge in [-0.25, -0.2) is 0 Å². The molecule has 4 rings (SSSR count). The number of Topliss-reactive ketones (excluding diaryl/α,β-unsaturated/α-hetero) is 4. The topological polar surface area (TPSA) is 129 Å². The summed E-state index contributed by atoms with van der Waals surface area (Å²) in [6, 6.07) is 3.54. The van der Waals surface area contributed by atoms with E-state index in [1.54, 1.807) is 12.1 Å². The van der Waals surface area contributed by atoms with Crippen molar-refractivity contribution in [3.63, 3.8) is 0 Å². The predicted molar refractivity (Wildman–Crippen MR) is 100 cm³/mol. The third kappa shape index (κ3) is 2.57. The van der Waals surface area contributed by atoms with Crippen LogP contribution in [0.2, 0.25) is 0 Å². The fourth-order valence-electron chi connectivity index (χ4n) is 5.59. The number of aryl methyl sites for hydroxylation is 1. The lowest BCUT2D eigenvalue weighted by Gasteiger charge is -2.50. The van der Waals surface area contributed by atoms with Crippen LogP contribution in [-0.2, 0) is 27.2 Å². The van der Waals surface area contributed by atoms with E-state index in [2.05, 4.69) is 0 Å². The van der Waals surface area contributed by atoms with E-state index in [-0.39, 0.29) is 24.2 Å². The van der Waals surface area contributed by atoms with E-state index in [4.69, 9.17) is 0 Å². The summed E-state index contributed by atoms with van der Waals surface area (Å²) in [4.78, 5) is 51.3. The molecule has 0 saturated heterocycles. The molecule has 0 aromatic heterocycles. The first-order valence-electron chi connectivity index (χ1n) is 10.00. The number of ketones is 4. The lowest BCUT2D eigenvalue weighted by atomic mass is 9.53. The fourth-order valence-corrected chi connectivity index (χ4v) is 5.59. The average molecular weight is 400 g/mol. The summed E-state index contributed by atoms with van der Waals surface area (Å²) < 4.78 is 0. The number of aromatic hydroxyl groups is 1. The molecule has 0 radical (unpaired) electrons. The van der Waals surface area contributed by atoms with Crippen LogP contribution in [0, 0.1) is 23.7 Å². The summed E-state index contributed by atoms with van der Waals surface area (Å²) in [5.41, 5.74) is -1.13. The van der Waals surface area contributed by atoms with Gasteiger partial charge in [0.05, 0.1) is 17.6 Å². The number of carbonyl (C=O) groups is 4. The van der Waals surface area contributed by atoms with Crippen LogP contribution < -0.4 is 0 Å². The molecule has 0 amide bonds. The Balaban J connectivity index is 1.79. The van der Waals surface area contributed by atoms with Crippen molar-refractivity contribution in [3.8, 4) is 5.75 Å². The molecule has 3 N–H and O–H groups in total. The molecule has 0 aliphatic heterocycles. The standard InChI is InChI=1S/C22H24O7/c1-3-10-4-5-11-6-12-7-13-8-14(24)15(9(2)23)20(27)22(13,29)21(28)17(12)19(26)16(11)18(10)25/h4-5,12-15,17,24-25,29H,3,6-8H2,1-2H3. The van der Waals surface area contributed by atoms with E-state index in [1.807, 2.05) is 6.92 Å². The smallest absolute Gasteiger partial charge is 0.185 e. The van der Waals surface area contributed by atoms with Gasteiger partial charge in [-0.05, 0) is 49.7 Å². The van der Waals surface area contributed by atoms with Crippen LogP contribution in [0.15, 0.2) is 12.1 Å². The Kier molecular flexibility index (Phi) is 4.51. The van der Waals surface area contributed by atoms with Crippen LogP contribution in [0.1, 0.15) is 48.2 Å². The molecule has 0 bridgehead atoms. The van der Waals surface area contributed by atoms with Crippen LogP contribution in [-0.4, -0.2) is 50.2 Å². The summed E-state index contributed by atoms with van der Waals surface area (Å²) in [5, 5.41) is 32.0. The zero-order chi connectivity index (χ0) is 21.2. The van der Waals surface area contributed by atoms with Crippen molar-refractivity contribution >= 4 is 23.1 Å². The first kappa shape index (κ1) is 19.9. The van der Waals surface area contributed by atoms with Crippen LogP contribution in [0.4, 0.5) is 0 Å². The Bertz CT molecular complexity index is 949. The van der Waals surface area contributed by atoms with Gasteiger partial charge < -0.3 is 15.3 Å². The number of aliphatic hydroxyl groups excluding tert-OH is 1. The highest BCUT2D eigenvalue weighted by atomic mass is 16.3. The highest BCUT2D eigenvalue weighted by molar-refractivity contribution is 6.25. The number of fused-ring (bicyclic) bond motifs is 3. The number of phenolic OH excluding ortho intramolecular Hbond substituents is 1. The number of carbonyl (C=O) groups excluding carboxylic acids is 4. The Morgan fingerprint density at radius 1 is 1.17 bits per heavy atom. The van der Waals surface area contributed by atoms with Crippen molar-refractivity contribution in [1.29, 1.82) is 0 Å². The van der Waals surface area contributed by atoms with Crippen LogP contribution in [0.25, 0.3) is 0 Å². The highest BCUT2D eigenvalue weighted by Gasteiger charge is 2.65. The molecule has 0 spiro atoms. The summed E-state index contributed by atoms with van der Waals surface area (Å²) in [6.07, 6.45) is -0.221. The van der Waals surface area contributed by atoms with Gasteiger partial charge >= 0.3 is 0 Å². The molecule has 7 heteroatoms. The normalized spacial score (nSPS) is 36.3. The second-order valence-corrected chi connectivity index (χ2v) is 8.59. The largest absolute Gasteiger partial charge is 0.507 e. The first-order chi connectivity index (χ1) is 13.6.